The molecule has 1 N–H and O–H groups in total. The first-order valence-electron chi connectivity index (χ1n) is 7.82. The molecule has 18 heavy (non-hydrogen) atoms. The Balaban J connectivity index is 1.56. The van der Waals surface area contributed by atoms with Crippen LogP contribution in [0.1, 0.15) is 58.3 Å². The van der Waals surface area contributed by atoms with Crippen LogP contribution in [-0.2, 0) is 0 Å². The van der Waals surface area contributed by atoms with Gasteiger partial charge in [-0.3, -0.25) is 4.99 Å². The molecule has 0 aromatic heterocycles. The van der Waals surface area contributed by atoms with Gasteiger partial charge in [0.1, 0.15) is 0 Å². The number of nitrogens with one attached hydrogen (secondary N) is 1. The van der Waals surface area contributed by atoms with Crippen molar-refractivity contribution in [3.8, 4) is 0 Å². The lowest BCUT2D eigenvalue weighted by atomic mass is 9.84. The molecule has 3 aliphatic rings. The van der Waals surface area contributed by atoms with E-state index in [1.54, 1.807) is 0 Å². The van der Waals surface area contributed by atoms with Crippen molar-refractivity contribution in [1.82, 2.24) is 5.32 Å². The van der Waals surface area contributed by atoms with Crippen molar-refractivity contribution in [2.75, 3.05) is 5.75 Å². The number of rotatable bonds is 2. The third kappa shape index (κ3) is 2.87. The molecule has 0 spiro atoms. The SMILES string of the molecule is CCC1CCCC(NC2=NC3CCCC3CS2)C1. The first kappa shape index (κ1) is 12.8. The van der Waals surface area contributed by atoms with Gasteiger partial charge in [-0.15, -0.1) is 0 Å². The molecule has 4 atom stereocenters. The van der Waals surface area contributed by atoms with Gasteiger partial charge in [-0.25, -0.2) is 0 Å². The van der Waals surface area contributed by atoms with Crippen molar-refractivity contribution in [2.45, 2.75) is 70.4 Å². The van der Waals surface area contributed by atoms with Crippen LogP contribution in [0.2, 0.25) is 0 Å². The fourth-order valence-corrected chi connectivity index (χ4v) is 5.02. The number of fused-ring (bicyclic) bond motifs is 1. The fraction of sp³-hybridized carbons (Fsp3) is 0.933. The summed E-state index contributed by atoms with van der Waals surface area (Å²) in [7, 11) is 0. The number of hydrogen-bond acceptors (Lipinski definition) is 3. The number of aliphatic imine (C=N–C) groups is 1. The van der Waals surface area contributed by atoms with Crippen molar-refractivity contribution >= 4 is 16.9 Å². The van der Waals surface area contributed by atoms with Crippen LogP contribution in [0.15, 0.2) is 4.99 Å². The van der Waals surface area contributed by atoms with E-state index >= 15 is 0 Å². The fourth-order valence-electron chi connectivity index (χ4n) is 3.80. The zero-order chi connectivity index (χ0) is 12.4. The van der Waals surface area contributed by atoms with Crippen molar-refractivity contribution < 1.29 is 0 Å². The van der Waals surface area contributed by atoms with Crippen molar-refractivity contribution in [2.24, 2.45) is 16.8 Å². The number of amidine groups is 1. The second-order valence-corrected chi connectivity index (χ2v) is 7.29. The molecule has 102 valence electrons. The second kappa shape index (κ2) is 5.85. The van der Waals surface area contributed by atoms with E-state index in [-0.39, 0.29) is 0 Å². The Morgan fingerprint density at radius 3 is 3.00 bits per heavy atom. The summed E-state index contributed by atoms with van der Waals surface area (Å²) < 4.78 is 0. The molecule has 4 unspecified atom stereocenters. The number of hydrogen-bond donors (Lipinski definition) is 1. The zero-order valence-electron chi connectivity index (χ0n) is 11.5. The van der Waals surface area contributed by atoms with E-state index in [0.29, 0.717) is 12.1 Å². The monoisotopic (exact) mass is 266 g/mol. The maximum atomic E-state index is 4.96. The van der Waals surface area contributed by atoms with Crippen LogP contribution < -0.4 is 5.32 Å². The quantitative estimate of drug-likeness (QED) is 0.822. The third-order valence-corrected chi connectivity index (χ3v) is 6.12. The highest BCUT2D eigenvalue weighted by atomic mass is 32.2. The van der Waals surface area contributed by atoms with Gasteiger partial charge < -0.3 is 5.32 Å². The Bertz CT molecular complexity index is 316. The van der Waals surface area contributed by atoms with Gasteiger partial charge in [0.25, 0.3) is 0 Å². The smallest absolute Gasteiger partial charge is 0.157 e. The summed E-state index contributed by atoms with van der Waals surface area (Å²) in [6, 6.07) is 1.35. The molecule has 2 aliphatic carbocycles. The lowest BCUT2D eigenvalue weighted by Crippen LogP contribution is -2.39. The zero-order valence-corrected chi connectivity index (χ0v) is 12.3. The highest BCUT2D eigenvalue weighted by Gasteiger charge is 2.32. The molecule has 2 saturated carbocycles. The summed E-state index contributed by atoms with van der Waals surface area (Å²) in [6.45, 7) is 2.34. The molecule has 2 fully saturated rings. The van der Waals surface area contributed by atoms with Gasteiger partial charge in [-0.05, 0) is 37.5 Å². The molecule has 0 saturated heterocycles. The molecule has 3 rings (SSSR count). The standard InChI is InChI=1S/C15H26N2S/c1-2-11-5-3-7-13(9-11)16-15-17-14-8-4-6-12(14)10-18-15/h11-14H,2-10H2,1H3,(H,16,17). The van der Waals surface area contributed by atoms with Crippen LogP contribution in [0.25, 0.3) is 0 Å². The van der Waals surface area contributed by atoms with E-state index in [2.05, 4.69) is 12.2 Å². The summed E-state index contributed by atoms with van der Waals surface area (Å²) in [5, 5.41) is 5.01. The van der Waals surface area contributed by atoms with E-state index in [1.807, 2.05) is 11.8 Å². The van der Waals surface area contributed by atoms with E-state index in [1.165, 1.54) is 62.3 Å². The van der Waals surface area contributed by atoms with Crippen molar-refractivity contribution in [1.29, 1.82) is 0 Å². The second-order valence-electron chi connectivity index (χ2n) is 6.29. The number of thioether (sulfide) groups is 1. The Morgan fingerprint density at radius 2 is 2.11 bits per heavy atom. The Labute approximate surface area is 115 Å². The summed E-state index contributed by atoms with van der Waals surface area (Å²) in [5.74, 6) is 3.14. The van der Waals surface area contributed by atoms with E-state index in [0.717, 1.165) is 11.8 Å². The lowest BCUT2D eigenvalue weighted by molar-refractivity contribution is 0.300. The Morgan fingerprint density at radius 1 is 1.22 bits per heavy atom. The first-order chi connectivity index (χ1) is 8.85. The van der Waals surface area contributed by atoms with Gasteiger partial charge in [0, 0.05) is 11.8 Å². The molecule has 0 amide bonds. The first-order valence-corrected chi connectivity index (χ1v) is 8.81. The molecule has 1 heterocycles. The topological polar surface area (TPSA) is 24.4 Å². The van der Waals surface area contributed by atoms with E-state index in [4.69, 9.17) is 4.99 Å². The van der Waals surface area contributed by atoms with Gasteiger partial charge in [-0.1, -0.05) is 44.4 Å². The summed E-state index contributed by atoms with van der Waals surface area (Å²) in [5.41, 5.74) is 0. The molecule has 1 aliphatic heterocycles. The molecular formula is C15H26N2S. The molecule has 0 aromatic rings. The van der Waals surface area contributed by atoms with Crippen molar-refractivity contribution in [3.05, 3.63) is 0 Å². The van der Waals surface area contributed by atoms with Crippen LogP contribution in [0.3, 0.4) is 0 Å². The van der Waals surface area contributed by atoms with E-state index in [9.17, 15) is 0 Å². The van der Waals surface area contributed by atoms with Gasteiger partial charge in [0.2, 0.25) is 0 Å². The average molecular weight is 266 g/mol. The minimum atomic E-state index is 0.652. The molecule has 3 heteroatoms. The molecule has 0 bridgehead atoms. The van der Waals surface area contributed by atoms with Crippen LogP contribution in [0.4, 0.5) is 0 Å². The summed E-state index contributed by atoms with van der Waals surface area (Å²) in [6.07, 6.45) is 11.1. The largest absolute Gasteiger partial charge is 0.362 e. The maximum Gasteiger partial charge on any atom is 0.157 e. The molecular weight excluding hydrogens is 240 g/mol. The lowest BCUT2D eigenvalue weighted by Gasteiger charge is -2.32. The molecule has 2 nitrogen and oxygen atoms in total. The maximum absolute atomic E-state index is 4.96. The van der Waals surface area contributed by atoms with Gasteiger partial charge in [0.05, 0.1) is 6.04 Å². The van der Waals surface area contributed by atoms with Gasteiger partial charge >= 0.3 is 0 Å². The minimum Gasteiger partial charge on any atom is -0.362 e. The van der Waals surface area contributed by atoms with Crippen molar-refractivity contribution in [3.63, 3.8) is 0 Å². The predicted octanol–water partition coefficient (Wildman–Crippen LogP) is 3.82. The summed E-state index contributed by atoms with van der Waals surface area (Å²) >= 11 is 1.98. The molecule has 0 aromatic carbocycles. The van der Waals surface area contributed by atoms with Gasteiger partial charge in [-0.2, -0.15) is 0 Å². The molecule has 0 radical (unpaired) electrons. The number of nitrogens with zero attached hydrogens (tertiary/aromatic N) is 1. The minimum absolute atomic E-state index is 0.652. The predicted molar refractivity (Wildman–Crippen MR) is 80.2 cm³/mol. The Kier molecular flexibility index (Phi) is 4.17. The highest BCUT2D eigenvalue weighted by molar-refractivity contribution is 8.13. The summed E-state index contributed by atoms with van der Waals surface area (Å²) in [4.78, 5) is 4.96. The third-order valence-electron chi connectivity index (χ3n) is 5.02. The van der Waals surface area contributed by atoms with Crippen LogP contribution in [-0.4, -0.2) is 23.0 Å². The van der Waals surface area contributed by atoms with Crippen LogP contribution >= 0.6 is 11.8 Å². The normalized spacial score (nSPS) is 40.2. The van der Waals surface area contributed by atoms with Gasteiger partial charge in [0.15, 0.2) is 5.17 Å². The van der Waals surface area contributed by atoms with Crippen LogP contribution in [0, 0.1) is 11.8 Å². The van der Waals surface area contributed by atoms with E-state index < -0.39 is 0 Å². The Hall–Kier alpha value is -0.180. The van der Waals surface area contributed by atoms with Crippen LogP contribution in [0.5, 0.6) is 0 Å². The average Bonchev–Trinajstić information content (AvgIpc) is 2.86. The highest BCUT2D eigenvalue weighted by Crippen LogP contribution is 2.35.